The number of nitrogens with one attached hydrogen (secondary N) is 2. The van der Waals surface area contributed by atoms with Crippen LogP contribution in [0.4, 0.5) is 19.1 Å². The fourth-order valence-corrected chi connectivity index (χ4v) is 4.14. The van der Waals surface area contributed by atoms with Gasteiger partial charge in [-0.3, -0.25) is 0 Å². The van der Waals surface area contributed by atoms with Crippen LogP contribution in [0.25, 0.3) is 16.8 Å². The standard InChI is InChI=1S/C25H30F3N7/c1-15(21-13-29-24(32-16(21)2)33-18(4)25(26,27)28)19-6-11-35-23(12-19)22(14-30-35)17(3)31-20-7-9-34(5)10-8-20/h6,11-14,18,20,31H,1,3,7-10H2,2,4-5H3,(H,29,32,33)/t18-/m1/s1. The van der Waals surface area contributed by atoms with E-state index in [2.05, 4.69) is 50.8 Å². The highest BCUT2D eigenvalue weighted by molar-refractivity contribution is 5.83. The van der Waals surface area contributed by atoms with Crippen LogP contribution in [0.2, 0.25) is 0 Å². The maximum Gasteiger partial charge on any atom is 0.408 e. The summed E-state index contributed by atoms with van der Waals surface area (Å²) < 4.78 is 40.3. The molecule has 10 heteroatoms. The van der Waals surface area contributed by atoms with Crippen molar-refractivity contribution in [1.29, 1.82) is 0 Å². The number of hydrogen-bond acceptors (Lipinski definition) is 6. The molecule has 1 aliphatic rings. The highest BCUT2D eigenvalue weighted by Gasteiger charge is 2.36. The second-order valence-corrected chi connectivity index (χ2v) is 9.08. The molecule has 4 rings (SSSR count). The van der Waals surface area contributed by atoms with Crippen molar-refractivity contribution in [2.45, 2.75) is 44.9 Å². The lowest BCUT2D eigenvalue weighted by atomic mass is 9.99. The molecule has 35 heavy (non-hydrogen) atoms. The Labute approximate surface area is 202 Å². The third-order valence-electron chi connectivity index (χ3n) is 6.43. The van der Waals surface area contributed by atoms with Gasteiger partial charge in [0.05, 0.1) is 17.4 Å². The molecule has 2 N–H and O–H groups in total. The summed E-state index contributed by atoms with van der Waals surface area (Å²) in [6.45, 7) is 13.3. The second-order valence-electron chi connectivity index (χ2n) is 9.08. The maximum atomic E-state index is 12.8. The number of rotatable bonds is 7. The molecule has 1 saturated heterocycles. The summed E-state index contributed by atoms with van der Waals surface area (Å²) in [5.74, 6) is -0.0753. The predicted molar refractivity (Wildman–Crippen MR) is 132 cm³/mol. The van der Waals surface area contributed by atoms with Crippen LogP contribution in [0.1, 0.15) is 42.1 Å². The molecule has 1 aliphatic heterocycles. The van der Waals surface area contributed by atoms with E-state index in [0.29, 0.717) is 22.9 Å². The number of halogens is 3. The Hall–Kier alpha value is -3.40. The molecule has 1 fully saturated rings. The third-order valence-corrected chi connectivity index (χ3v) is 6.43. The number of hydrogen-bond donors (Lipinski definition) is 2. The minimum Gasteiger partial charge on any atom is -0.382 e. The molecule has 0 unspecified atom stereocenters. The Morgan fingerprint density at radius 2 is 1.89 bits per heavy atom. The summed E-state index contributed by atoms with van der Waals surface area (Å²) in [7, 11) is 2.13. The number of aromatic nitrogens is 4. The number of aryl methyl sites for hydroxylation is 1. The van der Waals surface area contributed by atoms with Gasteiger partial charge in [-0.05, 0) is 70.1 Å². The monoisotopic (exact) mass is 485 g/mol. The van der Waals surface area contributed by atoms with E-state index in [-0.39, 0.29) is 5.95 Å². The van der Waals surface area contributed by atoms with Crippen molar-refractivity contribution in [3.05, 3.63) is 66.3 Å². The SMILES string of the molecule is C=C(c1ccn2ncc(C(=C)NC3CCN(C)CC3)c2c1)c1cnc(N[C@H](C)C(F)(F)F)nc1C. The number of pyridine rings is 1. The molecule has 4 heterocycles. The predicted octanol–water partition coefficient (Wildman–Crippen LogP) is 4.51. The number of nitrogens with zero attached hydrogens (tertiary/aromatic N) is 5. The molecule has 0 saturated carbocycles. The van der Waals surface area contributed by atoms with Crippen molar-refractivity contribution >= 4 is 22.7 Å². The van der Waals surface area contributed by atoms with Crippen molar-refractivity contribution in [3.63, 3.8) is 0 Å². The van der Waals surface area contributed by atoms with Gasteiger partial charge in [0.1, 0.15) is 6.04 Å². The third kappa shape index (κ3) is 5.48. The van der Waals surface area contributed by atoms with Crippen LogP contribution in [0.5, 0.6) is 0 Å². The normalized spacial score (nSPS) is 16.3. The average molecular weight is 486 g/mol. The van der Waals surface area contributed by atoms with Gasteiger partial charge in [-0.1, -0.05) is 13.2 Å². The lowest BCUT2D eigenvalue weighted by Gasteiger charge is -2.30. The quantitative estimate of drug-likeness (QED) is 0.513. The Balaban J connectivity index is 1.54. The second kappa shape index (κ2) is 9.69. The first kappa shape index (κ1) is 24.7. The molecule has 186 valence electrons. The summed E-state index contributed by atoms with van der Waals surface area (Å²) in [5.41, 5.74) is 5.31. The molecule has 7 nitrogen and oxygen atoms in total. The van der Waals surface area contributed by atoms with E-state index < -0.39 is 12.2 Å². The van der Waals surface area contributed by atoms with Gasteiger partial charge >= 0.3 is 6.18 Å². The first-order valence-corrected chi connectivity index (χ1v) is 11.5. The van der Waals surface area contributed by atoms with Gasteiger partial charge in [-0.25, -0.2) is 14.5 Å². The minimum atomic E-state index is -4.38. The van der Waals surface area contributed by atoms with Gasteiger partial charge in [0, 0.05) is 35.3 Å². The van der Waals surface area contributed by atoms with E-state index in [4.69, 9.17) is 0 Å². The van der Waals surface area contributed by atoms with Crippen LogP contribution in [0.15, 0.2) is 43.9 Å². The van der Waals surface area contributed by atoms with Gasteiger partial charge < -0.3 is 15.5 Å². The summed E-state index contributed by atoms with van der Waals surface area (Å²) in [5, 5.41) is 10.3. The molecule has 0 bridgehead atoms. The highest BCUT2D eigenvalue weighted by Crippen LogP contribution is 2.28. The van der Waals surface area contributed by atoms with Crippen molar-refractivity contribution in [3.8, 4) is 0 Å². The molecular weight excluding hydrogens is 455 g/mol. The molecule has 0 aromatic carbocycles. The lowest BCUT2D eigenvalue weighted by molar-refractivity contribution is -0.138. The van der Waals surface area contributed by atoms with Crippen LogP contribution >= 0.6 is 0 Å². The summed E-state index contributed by atoms with van der Waals surface area (Å²) in [6.07, 6.45) is 2.87. The maximum absolute atomic E-state index is 12.8. The molecule has 0 radical (unpaired) electrons. The first-order valence-electron chi connectivity index (χ1n) is 11.5. The molecule has 0 spiro atoms. The number of piperidine rings is 1. The van der Waals surface area contributed by atoms with Gasteiger partial charge in [0.2, 0.25) is 5.95 Å². The van der Waals surface area contributed by atoms with Crippen molar-refractivity contribution in [1.82, 2.24) is 29.8 Å². The topological polar surface area (TPSA) is 70.4 Å². The van der Waals surface area contributed by atoms with Gasteiger partial charge in [0.25, 0.3) is 0 Å². The van der Waals surface area contributed by atoms with Crippen LogP contribution in [-0.2, 0) is 0 Å². The number of fused-ring (bicyclic) bond motifs is 1. The Morgan fingerprint density at radius 3 is 2.54 bits per heavy atom. The summed E-state index contributed by atoms with van der Waals surface area (Å²) in [6, 6.07) is 2.48. The molecule has 3 aromatic heterocycles. The van der Waals surface area contributed by atoms with E-state index in [9.17, 15) is 13.2 Å². The van der Waals surface area contributed by atoms with E-state index in [0.717, 1.165) is 55.2 Å². The van der Waals surface area contributed by atoms with Crippen molar-refractivity contribution in [2.24, 2.45) is 0 Å². The van der Waals surface area contributed by atoms with E-state index in [1.54, 1.807) is 17.6 Å². The van der Waals surface area contributed by atoms with Gasteiger partial charge in [-0.2, -0.15) is 18.3 Å². The fraction of sp³-hybridized carbons (Fsp3) is 0.400. The highest BCUT2D eigenvalue weighted by atomic mass is 19.4. The van der Waals surface area contributed by atoms with Gasteiger partial charge in [0.15, 0.2) is 0 Å². The zero-order valence-electron chi connectivity index (χ0n) is 20.2. The first-order chi connectivity index (χ1) is 16.5. The largest absolute Gasteiger partial charge is 0.408 e. The van der Waals surface area contributed by atoms with Crippen molar-refractivity contribution < 1.29 is 13.2 Å². The molecular formula is C25H30F3N7. The van der Waals surface area contributed by atoms with E-state index in [1.165, 1.54) is 6.20 Å². The lowest BCUT2D eigenvalue weighted by Crippen LogP contribution is -2.39. The van der Waals surface area contributed by atoms with Crippen LogP contribution in [-0.4, -0.2) is 62.9 Å². The molecule has 0 aliphatic carbocycles. The number of anilines is 1. The summed E-state index contributed by atoms with van der Waals surface area (Å²) >= 11 is 0. The van der Waals surface area contributed by atoms with Crippen molar-refractivity contribution in [2.75, 3.05) is 25.5 Å². The average Bonchev–Trinajstić information content (AvgIpc) is 3.23. The fourth-order valence-electron chi connectivity index (χ4n) is 4.14. The summed E-state index contributed by atoms with van der Waals surface area (Å²) in [4.78, 5) is 10.6. The number of alkyl halides is 3. The smallest absolute Gasteiger partial charge is 0.382 e. The van der Waals surface area contributed by atoms with Crippen LogP contribution in [0, 0.1) is 6.92 Å². The Bertz CT molecular complexity index is 1240. The number of likely N-dealkylation sites (tertiary alicyclic amines) is 1. The minimum absolute atomic E-state index is 0.0753. The molecule has 3 aromatic rings. The van der Waals surface area contributed by atoms with Crippen LogP contribution < -0.4 is 10.6 Å². The molecule has 0 amide bonds. The van der Waals surface area contributed by atoms with E-state index in [1.807, 2.05) is 18.3 Å². The van der Waals surface area contributed by atoms with Crippen LogP contribution in [0.3, 0.4) is 0 Å². The Morgan fingerprint density at radius 1 is 1.17 bits per heavy atom. The van der Waals surface area contributed by atoms with E-state index >= 15 is 0 Å². The molecule has 1 atom stereocenters. The zero-order valence-corrected chi connectivity index (χ0v) is 20.2. The Kier molecular flexibility index (Phi) is 6.84. The zero-order chi connectivity index (χ0) is 25.3. The van der Waals surface area contributed by atoms with Gasteiger partial charge in [-0.15, -0.1) is 0 Å².